The summed E-state index contributed by atoms with van der Waals surface area (Å²) in [6.45, 7) is 5.56. The van der Waals surface area contributed by atoms with Crippen LogP contribution in [0.25, 0.3) is 0 Å². The van der Waals surface area contributed by atoms with Crippen molar-refractivity contribution in [3.8, 4) is 0 Å². The molecule has 96 valence electrons. The molecular formula is C13H28N2O. The predicted molar refractivity (Wildman–Crippen MR) is 68.8 cm³/mol. The van der Waals surface area contributed by atoms with Crippen LogP contribution in [-0.2, 0) is 4.74 Å². The van der Waals surface area contributed by atoms with Crippen molar-refractivity contribution >= 4 is 0 Å². The van der Waals surface area contributed by atoms with Crippen molar-refractivity contribution < 1.29 is 4.74 Å². The molecule has 0 radical (unpaired) electrons. The first-order valence-corrected chi connectivity index (χ1v) is 6.41. The smallest absolute Gasteiger partial charge is 0.0724 e. The molecule has 0 heterocycles. The summed E-state index contributed by atoms with van der Waals surface area (Å²) in [5.41, 5.74) is 0.204. The minimum atomic E-state index is 0.204. The van der Waals surface area contributed by atoms with Gasteiger partial charge in [-0.3, -0.25) is 0 Å². The molecular weight excluding hydrogens is 200 g/mol. The van der Waals surface area contributed by atoms with Crippen LogP contribution in [0.3, 0.4) is 0 Å². The Bertz CT molecular complexity index is 204. The van der Waals surface area contributed by atoms with E-state index >= 15 is 0 Å². The van der Waals surface area contributed by atoms with Crippen molar-refractivity contribution in [2.75, 3.05) is 27.7 Å². The van der Waals surface area contributed by atoms with Crippen LogP contribution in [0.4, 0.5) is 0 Å². The van der Waals surface area contributed by atoms with Gasteiger partial charge in [-0.25, -0.2) is 0 Å². The van der Waals surface area contributed by atoms with Gasteiger partial charge in [0, 0.05) is 25.2 Å². The number of hydrogen-bond acceptors (Lipinski definition) is 3. The topological polar surface area (TPSA) is 24.5 Å². The van der Waals surface area contributed by atoms with E-state index in [1.165, 1.54) is 25.7 Å². The highest BCUT2D eigenvalue weighted by Gasteiger charge is 2.27. The molecule has 3 nitrogen and oxygen atoms in total. The van der Waals surface area contributed by atoms with Gasteiger partial charge in [0.1, 0.15) is 0 Å². The molecule has 0 bridgehead atoms. The average Bonchev–Trinajstić information content (AvgIpc) is 2.26. The van der Waals surface area contributed by atoms with Crippen LogP contribution in [0, 0.1) is 0 Å². The third kappa shape index (κ3) is 3.72. The van der Waals surface area contributed by atoms with E-state index in [0.29, 0.717) is 12.1 Å². The Labute approximate surface area is 101 Å². The van der Waals surface area contributed by atoms with Crippen molar-refractivity contribution in [1.82, 2.24) is 10.2 Å². The highest BCUT2D eigenvalue weighted by Crippen LogP contribution is 2.21. The molecule has 1 fully saturated rings. The summed E-state index contributed by atoms with van der Waals surface area (Å²) in [6.07, 6.45) is 5.51. The number of ether oxygens (including phenoxy) is 1. The molecule has 1 N–H and O–H groups in total. The summed E-state index contributed by atoms with van der Waals surface area (Å²) < 4.78 is 5.55. The largest absolute Gasteiger partial charge is 0.380 e. The molecule has 1 aliphatic carbocycles. The summed E-state index contributed by atoms with van der Waals surface area (Å²) in [4.78, 5) is 2.27. The summed E-state index contributed by atoms with van der Waals surface area (Å²) in [6, 6.07) is 0.540. The van der Waals surface area contributed by atoms with E-state index in [-0.39, 0.29) is 5.54 Å². The standard InChI is InChI=1S/C13H28N2O/c1-13(2,15(3)4)10-14-11-8-6-7-9-12(11)16-5/h11-12,14H,6-10H2,1-5H3. The molecule has 0 spiro atoms. The summed E-state index contributed by atoms with van der Waals surface area (Å²) in [7, 11) is 6.11. The van der Waals surface area contributed by atoms with E-state index in [2.05, 4.69) is 38.2 Å². The second kappa shape index (κ2) is 5.99. The van der Waals surface area contributed by atoms with Gasteiger partial charge in [0.25, 0.3) is 0 Å². The summed E-state index contributed by atoms with van der Waals surface area (Å²) in [5.74, 6) is 0. The molecule has 0 saturated heterocycles. The maximum absolute atomic E-state index is 5.55. The van der Waals surface area contributed by atoms with Crippen molar-refractivity contribution in [3.05, 3.63) is 0 Å². The van der Waals surface area contributed by atoms with Gasteiger partial charge in [0.2, 0.25) is 0 Å². The Morgan fingerprint density at radius 1 is 1.25 bits per heavy atom. The maximum Gasteiger partial charge on any atom is 0.0724 e. The highest BCUT2D eigenvalue weighted by molar-refractivity contribution is 4.86. The van der Waals surface area contributed by atoms with Crippen LogP contribution < -0.4 is 5.32 Å². The minimum absolute atomic E-state index is 0.204. The van der Waals surface area contributed by atoms with Crippen molar-refractivity contribution in [1.29, 1.82) is 0 Å². The zero-order valence-electron chi connectivity index (χ0n) is 11.5. The second-order valence-electron chi connectivity index (χ2n) is 5.75. The van der Waals surface area contributed by atoms with Gasteiger partial charge in [-0.05, 0) is 40.8 Å². The highest BCUT2D eigenvalue weighted by atomic mass is 16.5. The molecule has 0 amide bonds. The Morgan fingerprint density at radius 3 is 2.44 bits per heavy atom. The van der Waals surface area contributed by atoms with Gasteiger partial charge in [-0.1, -0.05) is 12.8 Å². The molecule has 2 unspecified atom stereocenters. The zero-order chi connectivity index (χ0) is 12.2. The summed E-state index contributed by atoms with van der Waals surface area (Å²) in [5, 5.41) is 3.68. The lowest BCUT2D eigenvalue weighted by Gasteiger charge is -2.37. The maximum atomic E-state index is 5.55. The van der Waals surface area contributed by atoms with Gasteiger partial charge >= 0.3 is 0 Å². The van der Waals surface area contributed by atoms with E-state index < -0.39 is 0 Å². The Hall–Kier alpha value is -0.120. The number of hydrogen-bond donors (Lipinski definition) is 1. The lowest BCUT2D eigenvalue weighted by Crippen LogP contribution is -2.52. The molecule has 1 rings (SSSR count). The second-order valence-corrected chi connectivity index (χ2v) is 5.75. The molecule has 2 atom stereocenters. The normalized spacial score (nSPS) is 27.4. The van der Waals surface area contributed by atoms with Gasteiger partial charge in [0.05, 0.1) is 6.10 Å². The minimum Gasteiger partial charge on any atom is -0.380 e. The predicted octanol–water partition coefficient (Wildman–Crippen LogP) is 1.87. The fourth-order valence-electron chi connectivity index (χ4n) is 2.15. The quantitative estimate of drug-likeness (QED) is 0.777. The number of rotatable bonds is 5. The first kappa shape index (κ1) is 13.9. The first-order valence-electron chi connectivity index (χ1n) is 6.41. The third-order valence-corrected chi connectivity index (χ3v) is 4.01. The van der Waals surface area contributed by atoms with Crippen LogP contribution in [0.5, 0.6) is 0 Å². The first-order chi connectivity index (χ1) is 7.47. The average molecular weight is 228 g/mol. The van der Waals surface area contributed by atoms with E-state index in [0.717, 1.165) is 6.54 Å². The number of methoxy groups -OCH3 is 1. The molecule has 0 aromatic rings. The molecule has 1 saturated carbocycles. The monoisotopic (exact) mass is 228 g/mol. The van der Waals surface area contributed by atoms with Gasteiger partial charge in [0.15, 0.2) is 0 Å². The zero-order valence-corrected chi connectivity index (χ0v) is 11.5. The summed E-state index contributed by atoms with van der Waals surface area (Å²) >= 11 is 0. The van der Waals surface area contributed by atoms with Crippen LogP contribution in [0.1, 0.15) is 39.5 Å². The van der Waals surface area contributed by atoms with E-state index in [1.807, 2.05) is 7.11 Å². The molecule has 0 aromatic carbocycles. The van der Waals surface area contributed by atoms with Gasteiger partial charge in [-0.15, -0.1) is 0 Å². The van der Waals surface area contributed by atoms with Gasteiger partial charge < -0.3 is 15.0 Å². The number of likely N-dealkylation sites (N-methyl/N-ethyl adjacent to an activating group) is 1. The molecule has 16 heavy (non-hydrogen) atoms. The molecule has 0 aromatic heterocycles. The Kier molecular flexibility index (Phi) is 5.22. The van der Waals surface area contributed by atoms with Crippen molar-refractivity contribution in [2.24, 2.45) is 0 Å². The van der Waals surface area contributed by atoms with Crippen molar-refractivity contribution in [3.63, 3.8) is 0 Å². The third-order valence-electron chi connectivity index (χ3n) is 4.01. The Morgan fingerprint density at radius 2 is 1.88 bits per heavy atom. The van der Waals surface area contributed by atoms with Crippen LogP contribution in [-0.4, -0.2) is 50.3 Å². The van der Waals surface area contributed by atoms with Crippen LogP contribution in [0.2, 0.25) is 0 Å². The van der Waals surface area contributed by atoms with Crippen LogP contribution >= 0.6 is 0 Å². The lowest BCUT2D eigenvalue weighted by atomic mass is 9.91. The SMILES string of the molecule is COC1CCCCC1NCC(C)(C)N(C)C. The van der Waals surface area contributed by atoms with E-state index in [1.54, 1.807) is 0 Å². The molecule has 1 aliphatic rings. The van der Waals surface area contributed by atoms with E-state index in [4.69, 9.17) is 4.74 Å². The van der Waals surface area contributed by atoms with Crippen molar-refractivity contribution in [2.45, 2.75) is 57.2 Å². The van der Waals surface area contributed by atoms with E-state index in [9.17, 15) is 0 Å². The fraction of sp³-hybridized carbons (Fsp3) is 1.00. The van der Waals surface area contributed by atoms with Gasteiger partial charge in [-0.2, -0.15) is 0 Å². The fourth-order valence-corrected chi connectivity index (χ4v) is 2.15. The number of nitrogens with one attached hydrogen (secondary N) is 1. The molecule has 3 heteroatoms. The Balaban J connectivity index is 2.40. The number of nitrogens with zero attached hydrogens (tertiary/aromatic N) is 1. The van der Waals surface area contributed by atoms with Crippen LogP contribution in [0.15, 0.2) is 0 Å². The lowest BCUT2D eigenvalue weighted by molar-refractivity contribution is 0.0365. The molecule has 0 aliphatic heterocycles.